The molecule has 0 N–H and O–H groups in total. The summed E-state index contributed by atoms with van der Waals surface area (Å²) in [6.07, 6.45) is 25.1. The van der Waals surface area contributed by atoms with E-state index in [1.54, 1.807) is 7.05 Å². The molecule has 8 nitrogen and oxygen atoms in total. The maximum Gasteiger partial charge on any atom is 0.217 e. The summed E-state index contributed by atoms with van der Waals surface area (Å²) < 4.78 is 15.2. The molecule has 0 aliphatic heterocycles. The highest BCUT2D eigenvalue weighted by molar-refractivity contribution is 7.99. The first-order valence-electron chi connectivity index (χ1n) is 19.1. The predicted octanol–water partition coefficient (Wildman–Crippen LogP) is 11.8. The summed E-state index contributed by atoms with van der Waals surface area (Å²) in [6.45, 7) is 15.4. The number of aromatic nitrogens is 7. The van der Waals surface area contributed by atoms with Gasteiger partial charge in [0.2, 0.25) is 5.95 Å². The zero-order valence-corrected chi connectivity index (χ0v) is 34.2. The molecule has 7 rings (SSSR count). The van der Waals surface area contributed by atoms with Gasteiger partial charge in [-0.1, -0.05) is 109 Å². The van der Waals surface area contributed by atoms with Gasteiger partial charge in [-0.05, 0) is 99.1 Å². The van der Waals surface area contributed by atoms with Crippen LogP contribution in [-0.4, -0.2) is 47.5 Å². The minimum Gasteiger partial charge on any atom is -0.293 e. The standard InChI is InChI=1S/C26H18FN7S.C13H17N.C9H14/c27-23-15-26(30-16-29-23)35-19-7-8-20-17(12-13-28-22(20)14-19)6-10-24-31-32-25-11-9-21(33-34(24)25)18-4-2-1-3-5-18;1-11(9-10-12(2)14-3)13-7-5-4-6-8-13;1-4-6-8-9(3)7-5-2/h1-5,7-9,11-16H,6,10H2;4-5,7,9-10H,1,6,8H2,2-3H3;4-5,7H,1-2,6,8H2,3H3/b;10-9-,14-12?;9-7+. The number of nitrogens with zero attached hydrogens (tertiary/aromatic N) is 8. The molecule has 1 aliphatic rings. The SMILES string of the molecule is C=C(/C=C\C(C)=NC)C1=CC=CCC1.C=C/C=C(\C)CCC=C.Fc1cc(Sc2ccc3c(CCc4nnc5ccc(-c6ccccc6)nn45)ccnc3c2)ncn1. The molecular weight excluding hydrogens is 740 g/mol. The van der Waals surface area contributed by atoms with Crippen molar-refractivity contribution in [1.82, 2.24) is 34.8 Å². The highest BCUT2D eigenvalue weighted by Crippen LogP contribution is 2.30. The van der Waals surface area contributed by atoms with E-state index >= 15 is 0 Å². The second-order valence-corrected chi connectivity index (χ2v) is 14.5. The van der Waals surface area contributed by atoms with Crippen molar-refractivity contribution in [3.05, 3.63) is 188 Å². The van der Waals surface area contributed by atoms with Crippen molar-refractivity contribution in [3.63, 3.8) is 0 Å². The summed E-state index contributed by atoms with van der Waals surface area (Å²) in [5, 5.41) is 15.1. The molecular formula is C48H49FN8S. The van der Waals surface area contributed by atoms with E-state index in [4.69, 9.17) is 5.10 Å². The first kappa shape index (κ1) is 42.7. The van der Waals surface area contributed by atoms with E-state index in [2.05, 4.69) is 75.0 Å². The Kier molecular flexibility index (Phi) is 16.5. The van der Waals surface area contributed by atoms with Gasteiger partial charge in [0.05, 0.1) is 11.2 Å². The third kappa shape index (κ3) is 12.8. The van der Waals surface area contributed by atoms with Crippen molar-refractivity contribution < 1.29 is 4.39 Å². The number of halogens is 1. The molecule has 10 heteroatoms. The Morgan fingerprint density at radius 1 is 0.948 bits per heavy atom. The lowest BCUT2D eigenvalue weighted by Crippen LogP contribution is -2.03. The van der Waals surface area contributed by atoms with Gasteiger partial charge in [-0.25, -0.2) is 9.97 Å². The molecule has 4 aromatic heterocycles. The molecule has 0 amide bonds. The second-order valence-electron chi connectivity index (χ2n) is 13.4. The van der Waals surface area contributed by atoms with Crippen LogP contribution in [0.25, 0.3) is 27.8 Å². The Balaban J connectivity index is 0.000000229. The highest BCUT2D eigenvalue weighted by Gasteiger charge is 2.12. The topological polar surface area (TPSA) is 94.1 Å². The van der Waals surface area contributed by atoms with Crippen molar-refractivity contribution in [1.29, 1.82) is 0 Å². The summed E-state index contributed by atoms with van der Waals surface area (Å²) in [4.78, 5) is 17.1. The Morgan fingerprint density at radius 3 is 2.53 bits per heavy atom. The molecule has 6 aromatic rings. The van der Waals surface area contributed by atoms with E-state index in [0.717, 1.165) is 87.5 Å². The van der Waals surface area contributed by atoms with Gasteiger partial charge in [-0.2, -0.15) is 14.0 Å². The fraction of sp³-hybridized carbons (Fsp3) is 0.188. The van der Waals surface area contributed by atoms with Crippen LogP contribution < -0.4 is 0 Å². The number of rotatable bonds is 13. The first-order valence-corrected chi connectivity index (χ1v) is 19.9. The van der Waals surface area contributed by atoms with Crippen molar-refractivity contribution in [2.45, 2.75) is 62.3 Å². The molecule has 58 heavy (non-hydrogen) atoms. The summed E-state index contributed by atoms with van der Waals surface area (Å²) in [5.74, 6) is 0.260. The molecule has 0 saturated heterocycles. The Labute approximate surface area is 345 Å². The van der Waals surface area contributed by atoms with Gasteiger partial charge in [0.25, 0.3) is 0 Å². The minimum atomic E-state index is -0.546. The van der Waals surface area contributed by atoms with Crippen molar-refractivity contribution >= 4 is 34.0 Å². The average molecular weight is 789 g/mol. The number of aryl methyl sites for hydroxylation is 2. The van der Waals surface area contributed by atoms with Gasteiger partial charge < -0.3 is 0 Å². The number of aliphatic imine (C=N–C) groups is 1. The van der Waals surface area contributed by atoms with Gasteiger partial charge in [-0.15, -0.1) is 16.8 Å². The Morgan fingerprint density at radius 2 is 1.79 bits per heavy atom. The maximum atomic E-state index is 13.4. The van der Waals surface area contributed by atoms with E-state index in [1.165, 1.54) is 35.3 Å². The summed E-state index contributed by atoms with van der Waals surface area (Å²) in [6, 6.07) is 23.3. The summed E-state index contributed by atoms with van der Waals surface area (Å²) in [5.41, 5.74) is 9.50. The summed E-state index contributed by atoms with van der Waals surface area (Å²) in [7, 11) is 1.80. The van der Waals surface area contributed by atoms with Crippen LogP contribution in [0.3, 0.4) is 0 Å². The number of allylic oxidation sites excluding steroid dienone is 11. The molecule has 294 valence electrons. The molecule has 0 spiro atoms. The second kappa shape index (κ2) is 22.4. The smallest absolute Gasteiger partial charge is 0.217 e. The van der Waals surface area contributed by atoms with Crippen LogP contribution in [0.15, 0.2) is 185 Å². The van der Waals surface area contributed by atoms with Crippen molar-refractivity contribution in [3.8, 4) is 11.3 Å². The quantitative estimate of drug-likeness (QED) is 0.0498. The van der Waals surface area contributed by atoms with Gasteiger partial charge in [-0.3, -0.25) is 9.98 Å². The van der Waals surface area contributed by atoms with Crippen molar-refractivity contribution in [2.24, 2.45) is 4.99 Å². The van der Waals surface area contributed by atoms with E-state index in [-0.39, 0.29) is 0 Å². The molecule has 1 aliphatic carbocycles. The van der Waals surface area contributed by atoms with Crippen LogP contribution in [0.2, 0.25) is 0 Å². The number of hydrogen-bond donors (Lipinski definition) is 0. The van der Waals surface area contributed by atoms with Crippen LogP contribution in [0, 0.1) is 5.95 Å². The van der Waals surface area contributed by atoms with E-state index in [1.807, 2.05) is 115 Å². The monoisotopic (exact) mass is 788 g/mol. The van der Waals surface area contributed by atoms with E-state index < -0.39 is 5.95 Å². The lowest BCUT2D eigenvalue weighted by atomic mass is 9.98. The number of hydrogen-bond acceptors (Lipinski definition) is 8. The number of fused-ring (bicyclic) bond motifs is 2. The molecule has 4 heterocycles. The molecule has 0 saturated carbocycles. The maximum absolute atomic E-state index is 13.4. The molecule has 2 aromatic carbocycles. The lowest BCUT2D eigenvalue weighted by molar-refractivity contribution is 0.572. The third-order valence-corrected chi connectivity index (χ3v) is 10.0. The summed E-state index contributed by atoms with van der Waals surface area (Å²) >= 11 is 1.37. The number of benzene rings is 2. The Bertz CT molecular complexity index is 2490. The van der Waals surface area contributed by atoms with Crippen LogP contribution in [0.4, 0.5) is 4.39 Å². The zero-order valence-electron chi connectivity index (χ0n) is 33.4. The predicted molar refractivity (Wildman–Crippen MR) is 239 cm³/mol. The molecule has 0 unspecified atom stereocenters. The normalized spacial score (nSPS) is 12.7. The van der Waals surface area contributed by atoms with Crippen molar-refractivity contribution in [2.75, 3.05) is 7.05 Å². The van der Waals surface area contributed by atoms with Gasteiger partial charge in [0.1, 0.15) is 11.4 Å². The average Bonchev–Trinajstić information content (AvgIpc) is 3.67. The van der Waals surface area contributed by atoms with Gasteiger partial charge in [0, 0.05) is 47.3 Å². The van der Waals surface area contributed by atoms with E-state index in [9.17, 15) is 4.39 Å². The third-order valence-electron chi connectivity index (χ3n) is 9.10. The molecule has 0 radical (unpaired) electrons. The van der Waals surface area contributed by atoms with Crippen LogP contribution in [-0.2, 0) is 12.8 Å². The van der Waals surface area contributed by atoms with Crippen LogP contribution in [0.5, 0.6) is 0 Å². The largest absolute Gasteiger partial charge is 0.293 e. The fourth-order valence-corrected chi connectivity index (χ4v) is 6.65. The molecule has 0 bridgehead atoms. The fourth-order valence-electron chi connectivity index (χ4n) is 5.85. The van der Waals surface area contributed by atoms with Gasteiger partial charge in [0.15, 0.2) is 11.5 Å². The Hall–Kier alpha value is -6.39. The number of pyridine rings is 1. The first-order chi connectivity index (χ1) is 28.3. The molecule has 0 atom stereocenters. The highest BCUT2D eigenvalue weighted by atomic mass is 32.2. The van der Waals surface area contributed by atoms with E-state index in [0.29, 0.717) is 11.4 Å². The van der Waals surface area contributed by atoms with Crippen LogP contribution in [0.1, 0.15) is 50.9 Å². The lowest BCUT2D eigenvalue weighted by Gasteiger charge is -2.08. The molecule has 0 fully saturated rings. The van der Waals surface area contributed by atoms with Crippen LogP contribution >= 0.6 is 11.8 Å². The van der Waals surface area contributed by atoms with Gasteiger partial charge >= 0.3 is 0 Å². The zero-order chi connectivity index (χ0) is 41.1. The minimum absolute atomic E-state index is 0.546.